The van der Waals surface area contributed by atoms with Gasteiger partial charge in [-0.15, -0.1) is 0 Å². The minimum atomic E-state index is -0.522. The van der Waals surface area contributed by atoms with Crippen LogP contribution in [0.4, 0.5) is 0 Å². The van der Waals surface area contributed by atoms with Crippen molar-refractivity contribution < 1.29 is 4.79 Å². The van der Waals surface area contributed by atoms with E-state index in [0.717, 1.165) is 5.70 Å². The number of carbonyl (C=O) groups is 1. The SMILES string of the molecule is CN(C)/C=C1\CC(=O)CCN1C(c1ccccc1)(c1ccccc1)c1ccccc1. The predicted octanol–water partition coefficient (Wildman–Crippen LogP) is 5.05. The van der Waals surface area contributed by atoms with Crippen molar-refractivity contribution >= 4 is 5.78 Å². The van der Waals surface area contributed by atoms with Gasteiger partial charge in [0.25, 0.3) is 0 Å². The van der Waals surface area contributed by atoms with Crippen molar-refractivity contribution in [1.29, 1.82) is 0 Å². The summed E-state index contributed by atoms with van der Waals surface area (Å²) in [5.41, 5.74) is 4.11. The molecule has 0 aliphatic carbocycles. The Bertz CT molecular complexity index is 914. The van der Waals surface area contributed by atoms with E-state index in [2.05, 4.69) is 102 Å². The molecule has 1 aliphatic heterocycles. The lowest BCUT2D eigenvalue weighted by atomic mass is 9.74. The molecule has 1 heterocycles. The Morgan fingerprint density at radius 3 is 1.60 bits per heavy atom. The lowest BCUT2D eigenvalue weighted by Crippen LogP contribution is -2.50. The average molecular weight is 397 g/mol. The second-order valence-corrected chi connectivity index (χ2v) is 8.01. The van der Waals surface area contributed by atoms with Gasteiger partial charge in [0.2, 0.25) is 0 Å². The van der Waals surface area contributed by atoms with Crippen molar-refractivity contribution in [3.63, 3.8) is 0 Å². The molecule has 0 atom stereocenters. The molecule has 0 N–H and O–H groups in total. The van der Waals surface area contributed by atoms with E-state index in [1.54, 1.807) is 0 Å². The van der Waals surface area contributed by atoms with Crippen molar-refractivity contribution in [1.82, 2.24) is 9.80 Å². The summed E-state index contributed by atoms with van der Waals surface area (Å²) in [5, 5.41) is 0. The quantitative estimate of drug-likeness (QED) is 0.564. The van der Waals surface area contributed by atoms with Gasteiger partial charge in [0, 0.05) is 45.4 Å². The van der Waals surface area contributed by atoms with Crippen molar-refractivity contribution in [2.45, 2.75) is 18.4 Å². The van der Waals surface area contributed by atoms with Crippen LogP contribution in [0.2, 0.25) is 0 Å². The summed E-state index contributed by atoms with van der Waals surface area (Å²) >= 11 is 0. The number of piperidine rings is 1. The number of likely N-dealkylation sites (tertiary alicyclic amines) is 1. The maximum absolute atomic E-state index is 12.5. The van der Waals surface area contributed by atoms with Gasteiger partial charge in [-0.2, -0.15) is 0 Å². The van der Waals surface area contributed by atoms with Crippen molar-refractivity contribution in [2.75, 3.05) is 20.6 Å². The molecular formula is C27H28N2O. The number of allylic oxidation sites excluding steroid dienone is 1. The largest absolute Gasteiger partial charge is 0.382 e. The van der Waals surface area contributed by atoms with Gasteiger partial charge in [0.05, 0.1) is 0 Å². The highest BCUT2D eigenvalue weighted by atomic mass is 16.1. The van der Waals surface area contributed by atoms with E-state index in [1.807, 2.05) is 19.0 Å². The molecule has 0 bridgehead atoms. The number of carbonyl (C=O) groups excluding carboxylic acids is 1. The summed E-state index contributed by atoms with van der Waals surface area (Å²) < 4.78 is 0. The summed E-state index contributed by atoms with van der Waals surface area (Å²) in [6, 6.07) is 31.9. The smallest absolute Gasteiger partial charge is 0.140 e. The van der Waals surface area contributed by atoms with E-state index in [-0.39, 0.29) is 0 Å². The van der Waals surface area contributed by atoms with Crippen LogP contribution in [0.5, 0.6) is 0 Å². The average Bonchev–Trinajstić information content (AvgIpc) is 2.77. The van der Waals surface area contributed by atoms with Crippen molar-refractivity contribution in [3.8, 4) is 0 Å². The molecule has 0 spiro atoms. The zero-order valence-electron chi connectivity index (χ0n) is 17.7. The van der Waals surface area contributed by atoms with Crippen molar-refractivity contribution in [3.05, 3.63) is 120 Å². The first kappa shape index (κ1) is 20.0. The summed E-state index contributed by atoms with van der Waals surface area (Å²) in [6.07, 6.45) is 3.10. The van der Waals surface area contributed by atoms with Gasteiger partial charge in [0.15, 0.2) is 0 Å². The molecule has 1 saturated heterocycles. The van der Waals surface area contributed by atoms with Crippen LogP contribution < -0.4 is 0 Å². The highest BCUT2D eigenvalue weighted by Gasteiger charge is 2.44. The van der Waals surface area contributed by atoms with Crippen LogP contribution in [0.3, 0.4) is 0 Å². The fourth-order valence-corrected chi connectivity index (χ4v) is 4.57. The maximum atomic E-state index is 12.5. The lowest BCUT2D eigenvalue weighted by molar-refractivity contribution is -0.120. The number of hydrogen-bond donors (Lipinski definition) is 0. The Morgan fingerprint density at radius 1 is 0.767 bits per heavy atom. The van der Waals surface area contributed by atoms with E-state index >= 15 is 0 Å². The minimum Gasteiger partial charge on any atom is -0.382 e. The Morgan fingerprint density at radius 2 is 1.20 bits per heavy atom. The lowest BCUT2D eigenvalue weighted by Gasteiger charge is -2.49. The molecule has 1 fully saturated rings. The van der Waals surface area contributed by atoms with Crippen LogP contribution >= 0.6 is 0 Å². The number of rotatable bonds is 5. The maximum Gasteiger partial charge on any atom is 0.140 e. The van der Waals surface area contributed by atoms with Crippen LogP contribution in [0, 0.1) is 0 Å². The Labute approximate surface area is 179 Å². The van der Waals surface area contributed by atoms with Crippen LogP contribution in [0.25, 0.3) is 0 Å². The molecule has 0 saturated carbocycles. The summed E-state index contributed by atoms with van der Waals surface area (Å²) in [4.78, 5) is 16.9. The van der Waals surface area contributed by atoms with E-state index in [0.29, 0.717) is 25.2 Å². The van der Waals surface area contributed by atoms with Crippen LogP contribution in [-0.4, -0.2) is 36.2 Å². The Hall–Kier alpha value is -3.33. The van der Waals surface area contributed by atoms with Gasteiger partial charge in [-0.1, -0.05) is 91.0 Å². The van der Waals surface area contributed by atoms with Gasteiger partial charge >= 0.3 is 0 Å². The molecule has 30 heavy (non-hydrogen) atoms. The minimum absolute atomic E-state index is 0.294. The summed E-state index contributed by atoms with van der Waals surface area (Å²) in [5.74, 6) is 0.294. The molecule has 0 aromatic heterocycles. The number of Topliss-reactive ketones (excluding diaryl/α,β-unsaturated/α-hetero) is 1. The first-order valence-electron chi connectivity index (χ1n) is 10.5. The first-order chi connectivity index (χ1) is 14.6. The molecule has 3 heteroatoms. The predicted molar refractivity (Wildman–Crippen MR) is 122 cm³/mol. The second kappa shape index (κ2) is 8.58. The molecule has 3 nitrogen and oxygen atoms in total. The second-order valence-electron chi connectivity index (χ2n) is 8.01. The number of hydrogen-bond acceptors (Lipinski definition) is 3. The fraction of sp³-hybridized carbons (Fsp3) is 0.222. The van der Waals surface area contributed by atoms with Crippen molar-refractivity contribution in [2.24, 2.45) is 0 Å². The van der Waals surface area contributed by atoms with Gasteiger partial charge in [-0.05, 0) is 16.7 Å². The molecule has 152 valence electrons. The zero-order valence-corrected chi connectivity index (χ0v) is 17.7. The fourth-order valence-electron chi connectivity index (χ4n) is 4.57. The van der Waals surface area contributed by atoms with Gasteiger partial charge < -0.3 is 9.80 Å². The molecule has 3 aromatic carbocycles. The Balaban J connectivity index is 2.06. The molecule has 4 rings (SSSR count). The van der Waals surface area contributed by atoms with E-state index in [9.17, 15) is 4.79 Å². The topological polar surface area (TPSA) is 23.6 Å². The Kier molecular flexibility index (Phi) is 5.71. The summed E-state index contributed by atoms with van der Waals surface area (Å²) in [7, 11) is 4.03. The highest BCUT2D eigenvalue weighted by molar-refractivity contribution is 5.82. The molecule has 0 amide bonds. The van der Waals surface area contributed by atoms with Crippen LogP contribution in [0.1, 0.15) is 29.5 Å². The van der Waals surface area contributed by atoms with E-state index in [1.165, 1.54) is 16.7 Å². The normalized spacial score (nSPS) is 16.0. The first-order valence-corrected chi connectivity index (χ1v) is 10.5. The third-order valence-corrected chi connectivity index (χ3v) is 5.73. The molecular weight excluding hydrogens is 368 g/mol. The molecule has 1 aliphatic rings. The van der Waals surface area contributed by atoms with Gasteiger partial charge in [-0.3, -0.25) is 4.79 Å². The van der Waals surface area contributed by atoms with Crippen LogP contribution in [0.15, 0.2) is 103 Å². The molecule has 0 unspecified atom stereocenters. The van der Waals surface area contributed by atoms with E-state index in [4.69, 9.17) is 0 Å². The zero-order chi connectivity index (χ0) is 21.0. The summed E-state index contributed by atoms with van der Waals surface area (Å²) in [6.45, 7) is 0.678. The number of nitrogens with zero attached hydrogens (tertiary/aromatic N) is 2. The van der Waals surface area contributed by atoms with Gasteiger partial charge in [0.1, 0.15) is 11.3 Å². The third kappa shape index (κ3) is 3.63. The standard InChI is InChI=1S/C27H28N2O/c1-28(2)21-25-20-26(30)18-19-29(25)27(22-12-6-3-7-13-22,23-14-8-4-9-15-23)24-16-10-5-11-17-24/h3-17,21H,18-20H2,1-2H3/b25-21+. The highest BCUT2D eigenvalue weighted by Crippen LogP contribution is 2.45. The third-order valence-electron chi connectivity index (χ3n) is 5.73. The molecule has 0 radical (unpaired) electrons. The van der Waals surface area contributed by atoms with Crippen LogP contribution in [-0.2, 0) is 10.3 Å². The monoisotopic (exact) mass is 396 g/mol. The van der Waals surface area contributed by atoms with E-state index < -0.39 is 5.54 Å². The molecule has 3 aromatic rings. The van der Waals surface area contributed by atoms with Gasteiger partial charge in [-0.25, -0.2) is 0 Å². The number of ketones is 1. The number of benzene rings is 3.